The van der Waals surface area contributed by atoms with Gasteiger partial charge in [-0.05, 0) is 60.6 Å². The summed E-state index contributed by atoms with van der Waals surface area (Å²) in [6.45, 7) is 8.86. The van der Waals surface area contributed by atoms with Crippen molar-refractivity contribution in [3.05, 3.63) is 95.1 Å². The summed E-state index contributed by atoms with van der Waals surface area (Å²) in [5, 5.41) is 3.11. The molecule has 0 aliphatic rings. The van der Waals surface area contributed by atoms with Gasteiger partial charge in [-0.25, -0.2) is 0 Å². The van der Waals surface area contributed by atoms with Gasteiger partial charge in [0.25, 0.3) is 5.91 Å². The van der Waals surface area contributed by atoms with E-state index in [0.717, 1.165) is 29.7 Å². The molecule has 1 amide bonds. The lowest BCUT2D eigenvalue weighted by molar-refractivity contribution is 0.0938. The van der Waals surface area contributed by atoms with Gasteiger partial charge < -0.3 is 14.8 Å². The van der Waals surface area contributed by atoms with Crippen LogP contribution in [0.1, 0.15) is 61.2 Å². The molecule has 1 N–H and O–H groups in total. The Bertz CT molecular complexity index is 1050. The van der Waals surface area contributed by atoms with E-state index in [4.69, 9.17) is 9.47 Å². The molecule has 0 heterocycles. The Morgan fingerprint density at radius 1 is 0.939 bits per heavy atom. The molecule has 0 aliphatic heterocycles. The van der Waals surface area contributed by atoms with Crippen LogP contribution in [0, 0.1) is 0 Å². The Morgan fingerprint density at radius 3 is 2.33 bits per heavy atom. The summed E-state index contributed by atoms with van der Waals surface area (Å²) < 4.78 is 11.7. The van der Waals surface area contributed by atoms with Crippen molar-refractivity contribution in [1.82, 2.24) is 5.32 Å². The van der Waals surface area contributed by atoms with Crippen LogP contribution in [-0.4, -0.2) is 19.1 Å². The summed E-state index contributed by atoms with van der Waals surface area (Å²) in [5.74, 6) is 1.46. The van der Waals surface area contributed by atoms with Gasteiger partial charge in [-0.1, -0.05) is 69.3 Å². The van der Waals surface area contributed by atoms with E-state index in [0.29, 0.717) is 17.9 Å². The molecule has 0 spiro atoms. The molecule has 0 fully saturated rings. The van der Waals surface area contributed by atoms with Crippen LogP contribution in [0.5, 0.6) is 11.5 Å². The third-order valence-electron chi connectivity index (χ3n) is 5.71. The van der Waals surface area contributed by atoms with Crippen molar-refractivity contribution in [3.63, 3.8) is 0 Å². The van der Waals surface area contributed by atoms with Crippen molar-refractivity contribution < 1.29 is 14.3 Å². The second-order valence-electron chi connectivity index (χ2n) is 9.46. The average Bonchev–Trinajstić information content (AvgIpc) is 2.81. The van der Waals surface area contributed by atoms with Gasteiger partial charge in [0.05, 0.1) is 7.11 Å². The Kier molecular flexibility index (Phi) is 8.16. The third kappa shape index (κ3) is 6.85. The molecule has 0 aliphatic carbocycles. The van der Waals surface area contributed by atoms with Crippen molar-refractivity contribution in [2.45, 2.75) is 58.6 Å². The predicted octanol–water partition coefficient (Wildman–Crippen LogP) is 6.32. The summed E-state index contributed by atoms with van der Waals surface area (Å²) >= 11 is 0. The zero-order valence-electron chi connectivity index (χ0n) is 20.4. The van der Waals surface area contributed by atoms with Gasteiger partial charge in [-0.15, -0.1) is 0 Å². The normalized spacial score (nSPS) is 12.2. The molecule has 4 nitrogen and oxygen atoms in total. The lowest BCUT2D eigenvalue weighted by Gasteiger charge is -2.23. The topological polar surface area (TPSA) is 47.6 Å². The Hall–Kier alpha value is -3.27. The second kappa shape index (κ2) is 11.0. The number of para-hydroxylation sites is 1. The molecule has 0 saturated heterocycles. The number of benzene rings is 3. The number of hydrogen-bond acceptors (Lipinski definition) is 3. The molecule has 0 saturated carbocycles. The standard InChI is InChI=1S/C29H35NO3/c1-21(15-16-22-11-7-6-8-12-22)30-28(31)23-17-18-26(32-5)24(19-23)20-33-27-14-10-9-13-25(27)29(2,3)4/h6-14,17-19,21H,15-16,20H2,1-5H3,(H,30,31)/t21-/m0/s1. The molecule has 33 heavy (non-hydrogen) atoms. The van der Waals surface area contributed by atoms with Gasteiger partial charge in [0, 0.05) is 17.2 Å². The molecule has 0 aromatic heterocycles. The number of aryl methyl sites for hydroxylation is 1. The Morgan fingerprint density at radius 2 is 1.64 bits per heavy atom. The monoisotopic (exact) mass is 445 g/mol. The molecular weight excluding hydrogens is 410 g/mol. The molecule has 0 radical (unpaired) electrons. The van der Waals surface area contributed by atoms with Crippen molar-refractivity contribution in [3.8, 4) is 11.5 Å². The van der Waals surface area contributed by atoms with Crippen molar-refractivity contribution >= 4 is 5.91 Å². The van der Waals surface area contributed by atoms with Gasteiger partial charge in [0.1, 0.15) is 18.1 Å². The lowest BCUT2D eigenvalue weighted by atomic mass is 9.86. The third-order valence-corrected chi connectivity index (χ3v) is 5.71. The van der Waals surface area contributed by atoms with Crippen LogP contribution in [0.25, 0.3) is 0 Å². The minimum Gasteiger partial charge on any atom is -0.496 e. The van der Waals surface area contributed by atoms with Gasteiger partial charge in [0.15, 0.2) is 0 Å². The van der Waals surface area contributed by atoms with Crippen LogP contribution in [0.3, 0.4) is 0 Å². The van der Waals surface area contributed by atoms with E-state index in [1.165, 1.54) is 5.56 Å². The maximum Gasteiger partial charge on any atom is 0.251 e. The summed E-state index contributed by atoms with van der Waals surface area (Å²) in [4.78, 5) is 12.9. The fourth-order valence-electron chi connectivity index (χ4n) is 3.81. The number of ether oxygens (including phenoxy) is 2. The molecule has 4 heteroatoms. The number of hydrogen-bond donors (Lipinski definition) is 1. The number of carbonyl (C=O) groups excluding carboxylic acids is 1. The SMILES string of the molecule is COc1ccc(C(=O)N[C@@H](C)CCc2ccccc2)cc1COc1ccccc1C(C)(C)C. The Balaban J connectivity index is 1.67. The highest BCUT2D eigenvalue weighted by Crippen LogP contribution is 2.32. The first-order valence-corrected chi connectivity index (χ1v) is 11.5. The highest BCUT2D eigenvalue weighted by Gasteiger charge is 2.19. The van der Waals surface area contributed by atoms with E-state index in [1.807, 2.05) is 55.5 Å². The van der Waals surface area contributed by atoms with E-state index in [9.17, 15) is 4.79 Å². The number of rotatable bonds is 9. The molecule has 0 unspecified atom stereocenters. The fourth-order valence-corrected chi connectivity index (χ4v) is 3.81. The zero-order valence-corrected chi connectivity index (χ0v) is 20.4. The minimum absolute atomic E-state index is 0.0295. The van der Waals surface area contributed by atoms with Gasteiger partial charge in [0.2, 0.25) is 0 Å². The van der Waals surface area contributed by atoms with Crippen LogP contribution in [0.4, 0.5) is 0 Å². The van der Waals surface area contributed by atoms with E-state index in [-0.39, 0.29) is 17.4 Å². The van der Waals surface area contributed by atoms with Crippen LogP contribution in [-0.2, 0) is 18.4 Å². The maximum atomic E-state index is 12.9. The molecular formula is C29H35NO3. The fraction of sp³-hybridized carbons (Fsp3) is 0.345. The second-order valence-corrected chi connectivity index (χ2v) is 9.46. The van der Waals surface area contributed by atoms with Crippen molar-refractivity contribution in [1.29, 1.82) is 0 Å². The lowest BCUT2D eigenvalue weighted by Crippen LogP contribution is -2.33. The smallest absolute Gasteiger partial charge is 0.251 e. The molecule has 1 atom stereocenters. The quantitative estimate of drug-likeness (QED) is 0.419. The van der Waals surface area contributed by atoms with Crippen LogP contribution in [0.15, 0.2) is 72.8 Å². The van der Waals surface area contributed by atoms with Gasteiger partial charge in [-0.2, -0.15) is 0 Å². The first-order chi connectivity index (χ1) is 15.8. The summed E-state index contributed by atoms with van der Waals surface area (Å²) in [5.41, 5.74) is 3.83. The van der Waals surface area contributed by atoms with Crippen LogP contribution < -0.4 is 14.8 Å². The number of amides is 1. The predicted molar refractivity (Wildman–Crippen MR) is 134 cm³/mol. The maximum absolute atomic E-state index is 12.9. The van der Waals surface area contributed by atoms with Crippen molar-refractivity contribution in [2.75, 3.05) is 7.11 Å². The van der Waals surface area contributed by atoms with Gasteiger partial charge >= 0.3 is 0 Å². The number of methoxy groups -OCH3 is 1. The van der Waals surface area contributed by atoms with Gasteiger partial charge in [-0.3, -0.25) is 4.79 Å². The number of carbonyl (C=O) groups is 1. The zero-order chi connectivity index (χ0) is 23.8. The molecule has 174 valence electrons. The minimum atomic E-state index is -0.0884. The largest absolute Gasteiger partial charge is 0.496 e. The first-order valence-electron chi connectivity index (χ1n) is 11.5. The van der Waals surface area contributed by atoms with Crippen molar-refractivity contribution in [2.24, 2.45) is 0 Å². The summed E-state index contributed by atoms with van der Waals surface area (Å²) in [6, 6.07) is 24.0. The highest BCUT2D eigenvalue weighted by atomic mass is 16.5. The van der Waals surface area contributed by atoms with Crippen LogP contribution in [0.2, 0.25) is 0 Å². The molecule has 3 aromatic rings. The summed E-state index contributed by atoms with van der Waals surface area (Å²) in [6.07, 6.45) is 1.81. The van der Waals surface area contributed by atoms with E-state index in [1.54, 1.807) is 13.2 Å². The first kappa shape index (κ1) is 24.4. The van der Waals surface area contributed by atoms with E-state index in [2.05, 4.69) is 44.3 Å². The Labute approximate surface area is 197 Å². The van der Waals surface area contributed by atoms with Crippen LogP contribution >= 0.6 is 0 Å². The van der Waals surface area contributed by atoms with E-state index >= 15 is 0 Å². The molecule has 0 bridgehead atoms. The van der Waals surface area contributed by atoms with E-state index < -0.39 is 0 Å². The average molecular weight is 446 g/mol. The molecule has 3 rings (SSSR count). The molecule has 3 aromatic carbocycles. The highest BCUT2D eigenvalue weighted by molar-refractivity contribution is 5.94. The summed E-state index contributed by atoms with van der Waals surface area (Å²) in [7, 11) is 1.63. The number of nitrogens with one attached hydrogen (secondary N) is 1.